The van der Waals surface area contributed by atoms with Gasteiger partial charge in [-0.05, 0) is 43.2 Å². The van der Waals surface area contributed by atoms with Gasteiger partial charge in [-0.25, -0.2) is 4.98 Å². The number of nitrogens with zero attached hydrogens (tertiary/aromatic N) is 3. The van der Waals surface area contributed by atoms with Crippen molar-refractivity contribution in [1.82, 2.24) is 20.1 Å². The lowest BCUT2D eigenvalue weighted by atomic mass is 10.1. The molecule has 0 radical (unpaired) electrons. The van der Waals surface area contributed by atoms with Crippen LogP contribution in [-0.2, 0) is 24.3 Å². The van der Waals surface area contributed by atoms with E-state index in [1.54, 1.807) is 12.3 Å². The van der Waals surface area contributed by atoms with Crippen molar-refractivity contribution in [3.63, 3.8) is 0 Å². The number of amides is 1. The van der Waals surface area contributed by atoms with Crippen molar-refractivity contribution < 1.29 is 9.21 Å². The number of hydrogen-bond acceptors (Lipinski definition) is 4. The van der Waals surface area contributed by atoms with Crippen LogP contribution in [0.25, 0.3) is 11.3 Å². The summed E-state index contributed by atoms with van der Waals surface area (Å²) in [5.41, 5.74) is 5.13. The molecular formula is C25H25ClN4O2. The van der Waals surface area contributed by atoms with E-state index in [1.807, 2.05) is 41.9 Å². The molecule has 4 aromatic rings. The molecule has 0 bridgehead atoms. The second-order valence-electron chi connectivity index (χ2n) is 7.78. The molecular weight excluding hydrogens is 424 g/mol. The highest BCUT2D eigenvalue weighted by molar-refractivity contribution is 6.33. The Morgan fingerprint density at radius 3 is 2.69 bits per heavy atom. The van der Waals surface area contributed by atoms with E-state index in [4.69, 9.17) is 16.0 Å². The van der Waals surface area contributed by atoms with E-state index < -0.39 is 0 Å². The maximum Gasteiger partial charge on any atom is 0.220 e. The predicted molar refractivity (Wildman–Crippen MR) is 124 cm³/mol. The average molecular weight is 449 g/mol. The van der Waals surface area contributed by atoms with Gasteiger partial charge in [-0.1, -0.05) is 48.0 Å². The Labute approximate surface area is 192 Å². The molecule has 1 N–H and O–H groups in total. The lowest BCUT2D eigenvalue weighted by Gasteiger charge is -2.08. The molecule has 4 rings (SSSR count). The molecule has 32 heavy (non-hydrogen) atoms. The van der Waals surface area contributed by atoms with Crippen LogP contribution in [0.2, 0.25) is 5.02 Å². The van der Waals surface area contributed by atoms with Crippen LogP contribution in [0.1, 0.15) is 34.8 Å². The largest absolute Gasteiger partial charge is 0.441 e. The first-order valence-electron chi connectivity index (χ1n) is 10.5. The summed E-state index contributed by atoms with van der Waals surface area (Å²) in [6, 6.07) is 17.7. The Hall–Kier alpha value is -3.38. The van der Waals surface area contributed by atoms with Crippen molar-refractivity contribution in [2.45, 2.75) is 39.8 Å². The zero-order chi connectivity index (χ0) is 22.5. The first-order chi connectivity index (χ1) is 15.5. The standard InChI is InChI=1S/C25H25ClN4O2/c1-17-12-18(2)30(29-17)16-20-7-5-6-19(13-20)14-27-24(31)10-11-25-28-15-23(32-25)21-8-3-4-9-22(21)26/h3-9,12-13,15H,10-11,14,16H2,1-2H3,(H,27,31). The summed E-state index contributed by atoms with van der Waals surface area (Å²) in [6.45, 7) is 5.22. The quantitative estimate of drug-likeness (QED) is 0.406. The van der Waals surface area contributed by atoms with Crippen LogP contribution in [0.3, 0.4) is 0 Å². The number of rotatable bonds is 8. The van der Waals surface area contributed by atoms with Crippen molar-refractivity contribution in [2.75, 3.05) is 0 Å². The number of carbonyl (C=O) groups excluding carboxylic acids is 1. The second-order valence-corrected chi connectivity index (χ2v) is 8.19. The maximum atomic E-state index is 12.3. The summed E-state index contributed by atoms with van der Waals surface area (Å²) in [4.78, 5) is 16.6. The number of carbonyl (C=O) groups is 1. The molecule has 0 aliphatic rings. The third kappa shape index (κ3) is 5.45. The number of hydrogen-bond donors (Lipinski definition) is 1. The van der Waals surface area contributed by atoms with Gasteiger partial charge in [-0.15, -0.1) is 0 Å². The van der Waals surface area contributed by atoms with Crippen LogP contribution >= 0.6 is 11.6 Å². The highest BCUT2D eigenvalue weighted by atomic mass is 35.5. The third-order valence-electron chi connectivity index (χ3n) is 5.18. The molecule has 0 unspecified atom stereocenters. The van der Waals surface area contributed by atoms with Gasteiger partial charge in [0.15, 0.2) is 11.7 Å². The zero-order valence-corrected chi connectivity index (χ0v) is 18.9. The topological polar surface area (TPSA) is 73.0 Å². The van der Waals surface area contributed by atoms with Gasteiger partial charge in [0.25, 0.3) is 0 Å². The molecule has 2 aromatic heterocycles. The van der Waals surface area contributed by atoms with Crippen LogP contribution in [-0.4, -0.2) is 20.7 Å². The Morgan fingerprint density at radius 2 is 1.91 bits per heavy atom. The average Bonchev–Trinajstić information content (AvgIpc) is 3.37. The lowest BCUT2D eigenvalue weighted by Crippen LogP contribution is -2.23. The van der Waals surface area contributed by atoms with E-state index in [1.165, 1.54) is 0 Å². The highest BCUT2D eigenvalue weighted by Crippen LogP contribution is 2.28. The molecule has 0 saturated carbocycles. The SMILES string of the molecule is Cc1cc(C)n(Cc2cccc(CNC(=O)CCc3ncc(-c4ccccc4Cl)o3)c2)n1. The fourth-order valence-corrected chi connectivity index (χ4v) is 3.80. The van der Waals surface area contributed by atoms with E-state index in [2.05, 4.69) is 40.5 Å². The number of aromatic nitrogens is 3. The Balaban J connectivity index is 1.28. The van der Waals surface area contributed by atoms with Crippen molar-refractivity contribution >= 4 is 17.5 Å². The molecule has 2 heterocycles. The minimum absolute atomic E-state index is 0.0496. The summed E-state index contributed by atoms with van der Waals surface area (Å²) < 4.78 is 7.75. The Kier molecular flexibility index (Phi) is 6.71. The number of halogens is 1. The monoisotopic (exact) mass is 448 g/mol. The number of oxazole rings is 1. The minimum Gasteiger partial charge on any atom is -0.441 e. The van der Waals surface area contributed by atoms with Gasteiger partial charge in [-0.3, -0.25) is 9.48 Å². The van der Waals surface area contributed by atoms with Gasteiger partial charge in [0.05, 0.1) is 23.5 Å². The smallest absolute Gasteiger partial charge is 0.220 e. The van der Waals surface area contributed by atoms with Gasteiger partial charge in [0.1, 0.15) is 0 Å². The van der Waals surface area contributed by atoms with Crippen molar-refractivity contribution in [3.8, 4) is 11.3 Å². The van der Waals surface area contributed by atoms with Crippen LogP contribution < -0.4 is 5.32 Å². The van der Waals surface area contributed by atoms with Crippen LogP contribution in [0, 0.1) is 13.8 Å². The van der Waals surface area contributed by atoms with E-state index in [-0.39, 0.29) is 5.91 Å². The first kappa shape index (κ1) is 21.8. The molecule has 7 heteroatoms. The molecule has 0 saturated heterocycles. The fourth-order valence-electron chi connectivity index (χ4n) is 3.57. The second kappa shape index (κ2) is 9.83. The molecule has 1 amide bonds. The molecule has 0 fully saturated rings. The summed E-state index contributed by atoms with van der Waals surface area (Å²) in [5, 5.41) is 8.09. The summed E-state index contributed by atoms with van der Waals surface area (Å²) in [7, 11) is 0. The van der Waals surface area contributed by atoms with Gasteiger partial charge in [-0.2, -0.15) is 5.10 Å². The minimum atomic E-state index is -0.0496. The fraction of sp³-hybridized carbons (Fsp3) is 0.240. The molecule has 6 nitrogen and oxygen atoms in total. The predicted octanol–water partition coefficient (Wildman–Crippen LogP) is 5.11. The van der Waals surface area contributed by atoms with E-state index >= 15 is 0 Å². The number of benzene rings is 2. The molecule has 0 spiro atoms. The molecule has 164 valence electrons. The lowest BCUT2D eigenvalue weighted by molar-refractivity contribution is -0.121. The highest BCUT2D eigenvalue weighted by Gasteiger charge is 2.11. The van der Waals surface area contributed by atoms with Gasteiger partial charge >= 0.3 is 0 Å². The molecule has 2 aromatic carbocycles. The third-order valence-corrected chi connectivity index (χ3v) is 5.51. The Morgan fingerprint density at radius 1 is 1.09 bits per heavy atom. The van der Waals surface area contributed by atoms with E-state index in [0.29, 0.717) is 42.6 Å². The zero-order valence-electron chi connectivity index (χ0n) is 18.1. The maximum absolute atomic E-state index is 12.3. The van der Waals surface area contributed by atoms with Gasteiger partial charge in [0.2, 0.25) is 5.91 Å². The summed E-state index contributed by atoms with van der Waals surface area (Å²) in [6.07, 6.45) is 2.37. The van der Waals surface area contributed by atoms with Crippen LogP contribution in [0.4, 0.5) is 0 Å². The van der Waals surface area contributed by atoms with Crippen LogP contribution in [0.15, 0.2) is 65.2 Å². The first-order valence-corrected chi connectivity index (χ1v) is 10.9. The summed E-state index contributed by atoms with van der Waals surface area (Å²) in [5.74, 6) is 1.07. The summed E-state index contributed by atoms with van der Waals surface area (Å²) >= 11 is 6.20. The normalized spacial score (nSPS) is 11.0. The van der Waals surface area contributed by atoms with Gasteiger partial charge < -0.3 is 9.73 Å². The number of aryl methyl sites for hydroxylation is 3. The molecule has 0 aliphatic heterocycles. The van der Waals surface area contributed by atoms with Crippen LogP contribution in [0.5, 0.6) is 0 Å². The van der Waals surface area contributed by atoms with Gasteiger partial charge in [0, 0.05) is 30.6 Å². The molecule has 0 atom stereocenters. The van der Waals surface area contributed by atoms with E-state index in [9.17, 15) is 4.79 Å². The molecule has 0 aliphatic carbocycles. The van der Waals surface area contributed by atoms with E-state index in [0.717, 1.165) is 28.1 Å². The van der Waals surface area contributed by atoms with Crippen molar-refractivity contribution in [2.24, 2.45) is 0 Å². The Bertz CT molecular complexity index is 1230. The van der Waals surface area contributed by atoms with Crippen molar-refractivity contribution in [1.29, 1.82) is 0 Å². The van der Waals surface area contributed by atoms with Crippen molar-refractivity contribution in [3.05, 3.63) is 94.2 Å². The number of nitrogens with one attached hydrogen (secondary N) is 1.